The Morgan fingerprint density at radius 2 is 1.97 bits per heavy atom. The van der Waals surface area contributed by atoms with Gasteiger partial charge in [-0.25, -0.2) is 0 Å². The number of hydrogen-bond donors (Lipinski definition) is 2. The number of hydrogen-bond acceptors (Lipinski definition) is 4. The van der Waals surface area contributed by atoms with Crippen molar-refractivity contribution in [3.05, 3.63) is 29.3 Å². The van der Waals surface area contributed by atoms with Crippen molar-refractivity contribution < 1.29 is 19.1 Å². The summed E-state index contributed by atoms with van der Waals surface area (Å²) >= 11 is 5.88. The third kappa shape index (κ3) is 5.64. The van der Waals surface area contributed by atoms with E-state index in [4.69, 9.17) is 21.1 Å². The molecule has 0 aromatic heterocycles. The van der Waals surface area contributed by atoms with Crippen LogP contribution >= 0.6 is 11.6 Å². The highest BCUT2D eigenvalue weighted by Crippen LogP contribution is 2.35. The first-order valence-corrected chi connectivity index (χ1v) is 10.7. The highest BCUT2D eigenvalue weighted by Gasteiger charge is 2.39. The van der Waals surface area contributed by atoms with Crippen LogP contribution < -0.4 is 15.4 Å². The van der Waals surface area contributed by atoms with Crippen LogP contribution in [-0.4, -0.2) is 43.2 Å². The molecule has 6 nitrogen and oxygen atoms in total. The van der Waals surface area contributed by atoms with Gasteiger partial charge in [0.25, 0.3) is 5.91 Å². The maximum Gasteiger partial charge on any atom is 0.263 e. The van der Waals surface area contributed by atoms with Crippen molar-refractivity contribution in [1.82, 2.24) is 10.6 Å². The van der Waals surface area contributed by atoms with Crippen LogP contribution in [0.1, 0.15) is 46.0 Å². The molecule has 1 aromatic carbocycles. The smallest absolute Gasteiger partial charge is 0.263 e. The molecule has 4 atom stereocenters. The van der Waals surface area contributed by atoms with Gasteiger partial charge < -0.3 is 20.1 Å². The Morgan fingerprint density at radius 3 is 2.66 bits per heavy atom. The van der Waals surface area contributed by atoms with E-state index in [1.54, 1.807) is 45.2 Å². The van der Waals surface area contributed by atoms with Crippen LogP contribution in [0.2, 0.25) is 5.02 Å². The predicted molar refractivity (Wildman–Crippen MR) is 112 cm³/mol. The van der Waals surface area contributed by atoms with Crippen LogP contribution in [0.5, 0.6) is 5.75 Å². The number of carbonyl (C=O) groups excluding carboxylic acids is 2. The molecule has 2 N–H and O–H groups in total. The molecule has 1 aromatic rings. The third-order valence-corrected chi connectivity index (χ3v) is 6.33. The number of halogens is 1. The van der Waals surface area contributed by atoms with Crippen molar-refractivity contribution >= 4 is 23.4 Å². The van der Waals surface area contributed by atoms with Gasteiger partial charge in [-0.2, -0.15) is 0 Å². The monoisotopic (exact) mass is 422 g/mol. The number of amides is 2. The van der Waals surface area contributed by atoms with Gasteiger partial charge in [0, 0.05) is 30.6 Å². The molecule has 1 saturated heterocycles. The van der Waals surface area contributed by atoms with Crippen LogP contribution in [0.15, 0.2) is 24.3 Å². The van der Waals surface area contributed by atoms with Crippen molar-refractivity contribution in [2.45, 2.75) is 63.7 Å². The van der Waals surface area contributed by atoms with E-state index in [9.17, 15) is 9.59 Å². The van der Waals surface area contributed by atoms with Crippen molar-refractivity contribution in [3.8, 4) is 5.75 Å². The fourth-order valence-corrected chi connectivity index (χ4v) is 4.43. The lowest BCUT2D eigenvalue weighted by Gasteiger charge is -2.41. The maximum atomic E-state index is 12.6. The zero-order valence-electron chi connectivity index (χ0n) is 17.4. The number of rotatable bonds is 7. The summed E-state index contributed by atoms with van der Waals surface area (Å²) in [4.78, 5) is 25.1. The Hall–Kier alpha value is -1.79. The fraction of sp³-hybridized carbons (Fsp3) is 0.636. The SMILES string of the molecule is COC1CCC2CC(CCNC(=O)C(C)(C)Oc3ccc(Cl)cc3)C(=O)NC2C1. The lowest BCUT2D eigenvalue weighted by Crippen LogP contribution is -2.53. The molecule has 1 saturated carbocycles. The number of carbonyl (C=O) groups is 2. The summed E-state index contributed by atoms with van der Waals surface area (Å²) in [5.74, 6) is 0.912. The van der Waals surface area contributed by atoms with Crippen molar-refractivity contribution in [2.75, 3.05) is 13.7 Å². The van der Waals surface area contributed by atoms with Crippen LogP contribution in [0, 0.1) is 11.8 Å². The van der Waals surface area contributed by atoms with Gasteiger partial charge in [0.2, 0.25) is 5.91 Å². The molecule has 2 fully saturated rings. The molecule has 1 heterocycles. The second-order valence-electron chi connectivity index (χ2n) is 8.59. The molecule has 160 valence electrons. The summed E-state index contributed by atoms with van der Waals surface area (Å²) in [6.07, 6.45) is 4.78. The second-order valence-corrected chi connectivity index (χ2v) is 9.03. The van der Waals surface area contributed by atoms with E-state index in [2.05, 4.69) is 10.6 Å². The quantitative estimate of drug-likeness (QED) is 0.706. The van der Waals surface area contributed by atoms with Gasteiger partial charge in [0.05, 0.1) is 6.10 Å². The van der Waals surface area contributed by atoms with Gasteiger partial charge in [-0.05, 0) is 76.1 Å². The zero-order chi connectivity index (χ0) is 21.0. The summed E-state index contributed by atoms with van der Waals surface area (Å²) in [6, 6.07) is 7.13. The summed E-state index contributed by atoms with van der Waals surface area (Å²) in [5.41, 5.74) is -1.02. The predicted octanol–water partition coefficient (Wildman–Crippen LogP) is 3.32. The fourth-order valence-electron chi connectivity index (χ4n) is 4.31. The normalized spacial score (nSPS) is 27.0. The molecule has 2 aliphatic rings. The van der Waals surface area contributed by atoms with E-state index in [1.807, 2.05) is 0 Å². The first-order valence-electron chi connectivity index (χ1n) is 10.3. The Balaban J connectivity index is 1.46. The minimum atomic E-state index is -1.02. The zero-order valence-corrected chi connectivity index (χ0v) is 18.1. The summed E-state index contributed by atoms with van der Waals surface area (Å²) in [6.45, 7) is 3.90. The number of methoxy groups -OCH3 is 1. The number of fused-ring (bicyclic) bond motifs is 1. The highest BCUT2D eigenvalue weighted by atomic mass is 35.5. The number of benzene rings is 1. The number of ether oxygens (including phenoxy) is 2. The van der Waals surface area contributed by atoms with E-state index in [1.165, 1.54) is 0 Å². The Labute approximate surface area is 177 Å². The minimum Gasteiger partial charge on any atom is -0.478 e. The molecule has 0 bridgehead atoms. The molecular weight excluding hydrogens is 392 g/mol. The standard InChI is InChI=1S/C22H31ClN2O4/c1-22(2,29-17-8-5-16(23)6-9-17)21(27)24-11-10-15-12-14-4-7-18(28-3)13-19(14)25-20(15)26/h5-6,8-9,14-15,18-19H,4,7,10-13H2,1-3H3,(H,24,27)(H,25,26). The van der Waals surface area contributed by atoms with Gasteiger partial charge in [0.15, 0.2) is 5.60 Å². The van der Waals surface area contributed by atoms with E-state index in [-0.39, 0.29) is 29.9 Å². The molecule has 2 amide bonds. The molecule has 1 aliphatic carbocycles. The minimum absolute atomic E-state index is 0.0593. The molecule has 0 spiro atoms. The summed E-state index contributed by atoms with van der Waals surface area (Å²) in [5, 5.41) is 6.71. The summed E-state index contributed by atoms with van der Waals surface area (Å²) < 4.78 is 11.3. The second kappa shape index (κ2) is 9.35. The Morgan fingerprint density at radius 1 is 1.24 bits per heavy atom. The lowest BCUT2D eigenvalue weighted by atomic mass is 9.74. The molecular formula is C22H31ClN2O4. The molecule has 4 unspecified atom stereocenters. The van der Waals surface area contributed by atoms with Crippen LogP contribution in [0.4, 0.5) is 0 Å². The Bertz CT molecular complexity index is 722. The van der Waals surface area contributed by atoms with Gasteiger partial charge in [-0.3, -0.25) is 9.59 Å². The molecule has 0 radical (unpaired) electrons. The Kier molecular flexibility index (Phi) is 7.06. The van der Waals surface area contributed by atoms with Crippen LogP contribution in [0.3, 0.4) is 0 Å². The average molecular weight is 423 g/mol. The third-order valence-electron chi connectivity index (χ3n) is 6.08. The lowest BCUT2D eigenvalue weighted by molar-refractivity contribution is -0.135. The molecule has 3 rings (SSSR count). The van der Waals surface area contributed by atoms with Crippen molar-refractivity contribution in [2.24, 2.45) is 11.8 Å². The largest absolute Gasteiger partial charge is 0.478 e. The topological polar surface area (TPSA) is 76.7 Å². The van der Waals surface area contributed by atoms with E-state index < -0.39 is 5.60 Å². The van der Waals surface area contributed by atoms with Gasteiger partial charge in [-0.1, -0.05) is 11.6 Å². The van der Waals surface area contributed by atoms with Gasteiger partial charge >= 0.3 is 0 Å². The molecule has 7 heteroatoms. The van der Waals surface area contributed by atoms with E-state index >= 15 is 0 Å². The maximum absolute atomic E-state index is 12.6. The molecule has 29 heavy (non-hydrogen) atoms. The summed E-state index contributed by atoms with van der Waals surface area (Å²) in [7, 11) is 1.74. The van der Waals surface area contributed by atoms with Gasteiger partial charge in [-0.15, -0.1) is 0 Å². The average Bonchev–Trinajstić information content (AvgIpc) is 2.69. The first kappa shape index (κ1) is 21.9. The van der Waals surface area contributed by atoms with Crippen molar-refractivity contribution in [1.29, 1.82) is 0 Å². The van der Waals surface area contributed by atoms with E-state index in [0.717, 1.165) is 25.7 Å². The number of nitrogens with one attached hydrogen (secondary N) is 2. The first-order chi connectivity index (χ1) is 13.8. The highest BCUT2D eigenvalue weighted by molar-refractivity contribution is 6.30. The van der Waals surface area contributed by atoms with Gasteiger partial charge in [0.1, 0.15) is 5.75 Å². The van der Waals surface area contributed by atoms with Crippen LogP contribution in [-0.2, 0) is 14.3 Å². The van der Waals surface area contributed by atoms with E-state index in [0.29, 0.717) is 29.7 Å². The van der Waals surface area contributed by atoms with Crippen LogP contribution in [0.25, 0.3) is 0 Å². The van der Waals surface area contributed by atoms with Crippen molar-refractivity contribution in [3.63, 3.8) is 0 Å². The number of piperidine rings is 1. The molecule has 1 aliphatic heterocycles.